The zero-order valence-electron chi connectivity index (χ0n) is 12.3. The Labute approximate surface area is 119 Å². The lowest BCUT2D eigenvalue weighted by Gasteiger charge is -2.15. The van der Waals surface area contributed by atoms with Crippen molar-refractivity contribution in [1.29, 1.82) is 0 Å². The van der Waals surface area contributed by atoms with Gasteiger partial charge in [-0.1, -0.05) is 19.9 Å². The number of benzene rings is 1. The Hall–Kier alpha value is -2.10. The van der Waals surface area contributed by atoms with Crippen LogP contribution in [0.5, 0.6) is 5.75 Å². The summed E-state index contributed by atoms with van der Waals surface area (Å²) in [5, 5.41) is 8.59. The van der Waals surface area contributed by atoms with Gasteiger partial charge in [0.25, 0.3) is 0 Å². The van der Waals surface area contributed by atoms with Crippen LogP contribution in [0.15, 0.2) is 24.3 Å². The van der Waals surface area contributed by atoms with Crippen LogP contribution in [-0.4, -0.2) is 23.5 Å². The molecule has 0 bridgehead atoms. The van der Waals surface area contributed by atoms with E-state index in [2.05, 4.69) is 0 Å². The molecule has 20 heavy (non-hydrogen) atoms. The summed E-state index contributed by atoms with van der Waals surface area (Å²) in [5.74, 6) is -0.636. The Morgan fingerprint density at radius 3 is 2.45 bits per heavy atom. The number of carboxylic acids is 1. The number of aryl methyl sites for hydroxylation is 2. The summed E-state index contributed by atoms with van der Waals surface area (Å²) in [4.78, 5) is 22.6. The molecule has 0 aliphatic heterocycles. The van der Waals surface area contributed by atoms with E-state index >= 15 is 0 Å². The summed E-state index contributed by atoms with van der Waals surface area (Å²) in [6, 6.07) is 3.66. The molecular formula is C16H20O4. The second kappa shape index (κ2) is 6.89. The first kappa shape index (κ1) is 16.0. The van der Waals surface area contributed by atoms with Gasteiger partial charge in [0.15, 0.2) is 5.78 Å². The third-order valence-corrected chi connectivity index (χ3v) is 2.62. The van der Waals surface area contributed by atoms with Gasteiger partial charge in [-0.3, -0.25) is 4.79 Å². The molecule has 1 aromatic rings. The quantitative estimate of drug-likeness (QED) is 0.640. The van der Waals surface area contributed by atoms with E-state index in [1.165, 1.54) is 0 Å². The number of ether oxygens (including phenoxy) is 1. The highest BCUT2D eigenvalue weighted by Gasteiger charge is 2.14. The molecule has 0 amide bonds. The van der Waals surface area contributed by atoms with Crippen LogP contribution in [0.1, 0.15) is 35.3 Å². The monoisotopic (exact) mass is 276 g/mol. The van der Waals surface area contributed by atoms with Crippen molar-refractivity contribution in [2.45, 2.75) is 27.7 Å². The lowest BCUT2D eigenvalue weighted by molar-refractivity contribution is -0.131. The Bertz CT molecular complexity index is 542. The molecule has 0 radical (unpaired) electrons. The number of aliphatic carboxylic acids is 1. The smallest absolute Gasteiger partial charge is 0.328 e. The van der Waals surface area contributed by atoms with Crippen LogP contribution in [-0.2, 0) is 4.79 Å². The lowest BCUT2D eigenvalue weighted by atomic mass is 10.0. The molecule has 1 N–H and O–H groups in total. The van der Waals surface area contributed by atoms with Crippen LogP contribution in [0.3, 0.4) is 0 Å². The maximum absolute atomic E-state index is 12.1. The summed E-state index contributed by atoms with van der Waals surface area (Å²) < 4.78 is 5.71. The molecule has 0 aliphatic rings. The van der Waals surface area contributed by atoms with Crippen molar-refractivity contribution in [2.24, 2.45) is 5.92 Å². The maximum atomic E-state index is 12.1. The van der Waals surface area contributed by atoms with Crippen LogP contribution >= 0.6 is 0 Å². The molecule has 1 aromatic carbocycles. The molecule has 0 atom stereocenters. The van der Waals surface area contributed by atoms with Crippen molar-refractivity contribution in [3.63, 3.8) is 0 Å². The highest BCUT2D eigenvalue weighted by molar-refractivity contribution is 6.08. The number of carbonyl (C=O) groups is 2. The fourth-order valence-electron chi connectivity index (χ4n) is 1.82. The van der Waals surface area contributed by atoms with Gasteiger partial charge in [-0.2, -0.15) is 0 Å². The van der Waals surface area contributed by atoms with Crippen molar-refractivity contribution in [3.8, 4) is 5.75 Å². The molecule has 0 aromatic heterocycles. The van der Waals surface area contributed by atoms with Crippen LogP contribution in [0.2, 0.25) is 0 Å². The van der Waals surface area contributed by atoms with E-state index in [0.29, 0.717) is 23.8 Å². The highest BCUT2D eigenvalue weighted by Crippen LogP contribution is 2.26. The maximum Gasteiger partial charge on any atom is 0.328 e. The Balaban J connectivity index is 3.15. The van der Waals surface area contributed by atoms with Crippen molar-refractivity contribution >= 4 is 11.8 Å². The summed E-state index contributed by atoms with van der Waals surface area (Å²) in [7, 11) is 0. The van der Waals surface area contributed by atoms with Gasteiger partial charge in [0.2, 0.25) is 0 Å². The number of hydrogen-bond acceptors (Lipinski definition) is 3. The van der Waals surface area contributed by atoms with Gasteiger partial charge in [0, 0.05) is 6.08 Å². The Morgan fingerprint density at radius 1 is 1.25 bits per heavy atom. The van der Waals surface area contributed by atoms with Gasteiger partial charge in [-0.15, -0.1) is 0 Å². The zero-order chi connectivity index (χ0) is 15.3. The number of allylic oxidation sites excluding steroid dienone is 1. The van der Waals surface area contributed by atoms with Crippen LogP contribution < -0.4 is 4.74 Å². The molecule has 4 nitrogen and oxygen atoms in total. The lowest BCUT2D eigenvalue weighted by Crippen LogP contribution is -2.10. The first-order valence-electron chi connectivity index (χ1n) is 6.50. The summed E-state index contributed by atoms with van der Waals surface area (Å²) >= 11 is 0. The molecule has 1 rings (SSSR count). The van der Waals surface area contributed by atoms with Gasteiger partial charge >= 0.3 is 5.97 Å². The average molecular weight is 276 g/mol. The largest absolute Gasteiger partial charge is 0.492 e. The third-order valence-electron chi connectivity index (χ3n) is 2.62. The fraction of sp³-hybridized carbons (Fsp3) is 0.375. The van der Waals surface area contributed by atoms with E-state index in [4.69, 9.17) is 9.84 Å². The molecule has 108 valence electrons. The topological polar surface area (TPSA) is 63.6 Å². The van der Waals surface area contributed by atoms with Crippen molar-refractivity contribution in [2.75, 3.05) is 6.61 Å². The molecular weight excluding hydrogens is 256 g/mol. The number of carboxylic acid groups (broad SMARTS) is 1. The molecule has 4 heteroatoms. The van der Waals surface area contributed by atoms with Gasteiger partial charge in [0.05, 0.1) is 12.2 Å². The second-order valence-corrected chi connectivity index (χ2v) is 5.20. The predicted molar refractivity (Wildman–Crippen MR) is 77.4 cm³/mol. The number of ketones is 1. The Kier molecular flexibility index (Phi) is 5.50. The van der Waals surface area contributed by atoms with E-state index in [9.17, 15) is 9.59 Å². The normalized spacial score (nSPS) is 11.1. The van der Waals surface area contributed by atoms with Crippen LogP contribution in [0.4, 0.5) is 0 Å². The minimum Gasteiger partial charge on any atom is -0.492 e. The van der Waals surface area contributed by atoms with Crippen molar-refractivity contribution < 1.29 is 19.4 Å². The summed E-state index contributed by atoms with van der Waals surface area (Å²) in [6.07, 6.45) is 1.89. The number of hydrogen-bond donors (Lipinski definition) is 1. The van der Waals surface area contributed by atoms with E-state index in [0.717, 1.165) is 23.3 Å². The molecule has 0 aliphatic carbocycles. The molecule has 0 unspecified atom stereocenters. The van der Waals surface area contributed by atoms with E-state index in [1.807, 2.05) is 33.8 Å². The van der Waals surface area contributed by atoms with E-state index in [1.54, 1.807) is 6.07 Å². The first-order chi connectivity index (χ1) is 9.31. The molecule has 0 saturated carbocycles. The first-order valence-corrected chi connectivity index (χ1v) is 6.50. The predicted octanol–water partition coefficient (Wildman–Crippen LogP) is 3.16. The van der Waals surface area contributed by atoms with Crippen LogP contribution in [0.25, 0.3) is 0 Å². The van der Waals surface area contributed by atoms with Crippen molar-refractivity contribution in [3.05, 3.63) is 41.0 Å². The standard InChI is InChI=1S/C16H20O4/c1-10(2)9-20-16-12(4)7-11(3)8-13(16)14(17)5-6-15(18)19/h5-8,10H,9H2,1-4H3,(H,18,19)/b6-5+. The van der Waals surface area contributed by atoms with Gasteiger partial charge in [0.1, 0.15) is 5.75 Å². The highest BCUT2D eigenvalue weighted by atomic mass is 16.5. The minimum absolute atomic E-state index is 0.341. The summed E-state index contributed by atoms with van der Waals surface area (Å²) in [6.45, 7) is 8.31. The van der Waals surface area contributed by atoms with E-state index in [-0.39, 0.29) is 5.78 Å². The van der Waals surface area contributed by atoms with E-state index < -0.39 is 5.97 Å². The molecule has 0 spiro atoms. The minimum atomic E-state index is -1.15. The van der Waals surface area contributed by atoms with Crippen LogP contribution in [0, 0.1) is 19.8 Å². The zero-order valence-corrected chi connectivity index (χ0v) is 12.3. The van der Waals surface area contributed by atoms with Gasteiger partial charge in [-0.05, 0) is 43.0 Å². The van der Waals surface area contributed by atoms with Gasteiger partial charge in [-0.25, -0.2) is 4.79 Å². The Morgan fingerprint density at radius 2 is 1.90 bits per heavy atom. The second-order valence-electron chi connectivity index (χ2n) is 5.20. The van der Waals surface area contributed by atoms with Gasteiger partial charge < -0.3 is 9.84 Å². The number of carbonyl (C=O) groups excluding carboxylic acids is 1. The molecule has 0 heterocycles. The van der Waals surface area contributed by atoms with Crippen molar-refractivity contribution in [1.82, 2.24) is 0 Å². The SMILES string of the molecule is Cc1cc(C)c(OCC(C)C)c(C(=O)/C=C/C(=O)O)c1. The fourth-order valence-corrected chi connectivity index (χ4v) is 1.82. The summed E-state index contributed by atoms with van der Waals surface area (Å²) in [5.41, 5.74) is 2.21. The molecule has 0 fully saturated rings. The third kappa shape index (κ3) is 4.53. The average Bonchev–Trinajstić information content (AvgIpc) is 2.33. The number of rotatable bonds is 6. The molecule has 0 saturated heterocycles.